The molecule has 0 amide bonds. The molecule has 12 aromatic rings. The number of benzene rings is 8. The number of para-hydroxylation sites is 2. The first-order chi connectivity index (χ1) is 28.2. The van der Waals surface area contributed by atoms with Gasteiger partial charge in [0.25, 0.3) is 0 Å². The number of thiophene rings is 2. The Labute approximate surface area is 335 Å². The van der Waals surface area contributed by atoms with Crippen LogP contribution >= 0.6 is 22.7 Å². The van der Waals surface area contributed by atoms with E-state index in [1.807, 2.05) is 22.7 Å². The lowest BCUT2D eigenvalue weighted by atomic mass is 9.92. The fourth-order valence-corrected chi connectivity index (χ4v) is 11.3. The van der Waals surface area contributed by atoms with E-state index in [-0.39, 0.29) is 0 Å². The second-order valence-electron chi connectivity index (χ2n) is 14.9. The van der Waals surface area contributed by atoms with E-state index in [1.165, 1.54) is 90.1 Å². The summed E-state index contributed by atoms with van der Waals surface area (Å²) in [4.78, 5) is 10.8. The molecule has 4 aromatic heterocycles. The Kier molecular flexibility index (Phi) is 6.48. The second kappa shape index (κ2) is 11.8. The molecular weight excluding hydrogens is 731 g/mol. The third-order valence-electron chi connectivity index (χ3n) is 11.8. The molecule has 0 unspecified atom stereocenters. The Bertz CT molecular complexity index is 3530. The van der Waals surface area contributed by atoms with E-state index >= 15 is 0 Å². The van der Waals surface area contributed by atoms with Crippen molar-refractivity contribution in [1.82, 2.24) is 14.5 Å². The summed E-state index contributed by atoms with van der Waals surface area (Å²) >= 11 is 3.67. The molecule has 8 aromatic carbocycles. The zero-order valence-electron chi connectivity index (χ0n) is 30.4. The van der Waals surface area contributed by atoms with Gasteiger partial charge in [-0.1, -0.05) is 109 Å². The molecule has 0 spiro atoms. The number of nitrogens with zero attached hydrogens (tertiary/aromatic N) is 3. The lowest BCUT2D eigenvalue weighted by molar-refractivity contribution is 1.17. The molecule has 57 heavy (non-hydrogen) atoms. The van der Waals surface area contributed by atoms with Gasteiger partial charge in [0.05, 0.1) is 28.1 Å². The van der Waals surface area contributed by atoms with Gasteiger partial charge in [-0.2, -0.15) is 0 Å². The molecule has 3 nitrogen and oxygen atoms in total. The molecule has 0 fully saturated rings. The molecule has 13 rings (SSSR count). The van der Waals surface area contributed by atoms with Gasteiger partial charge in [0.2, 0.25) is 0 Å². The van der Waals surface area contributed by atoms with Crippen LogP contribution in [0.3, 0.4) is 0 Å². The van der Waals surface area contributed by atoms with Crippen LogP contribution in [0.1, 0.15) is 0 Å². The minimum absolute atomic E-state index is 0.718. The van der Waals surface area contributed by atoms with Gasteiger partial charge in [-0.25, -0.2) is 9.97 Å². The topological polar surface area (TPSA) is 30.7 Å². The zero-order valence-corrected chi connectivity index (χ0v) is 32.0. The van der Waals surface area contributed by atoms with Crippen molar-refractivity contribution in [3.8, 4) is 61.8 Å². The quantitative estimate of drug-likeness (QED) is 0.180. The Balaban J connectivity index is 1.06. The van der Waals surface area contributed by atoms with Crippen molar-refractivity contribution < 1.29 is 0 Å². The van der Waals surface area contributed by atoms with E-state index in [2.05, 4.69) is 180 Å². The minimum atomic E-state index is 0.718. The fourth-order valence-electron chi connectivity index (χ4n) is 9.17. The number of fused-ring (bicyclic) bond motifs is 14. The smallest absolute Gasteiger partial charge is 0.160 e. The van der Waals surface area contributed by atoms with Crippen LogP contribution in [0.2, 0.25) is 0 Å². The molecule has 264 valence electrons. The van der Waals surface area contributed by atoms with Gasteiger partial charge in [-0.05, 0) is 77.9 Å². The Morgan fingerprint density at radius 3 is 1.61 bits per heavy atom. The summed E-state index contributed by atoms with van der Waals surface area (Å²) in [6, 6.07) is 64.2. The maximum atomic E-state index is 5.41. The average Bonchev–Trinajstić information content (AvgIpc) is 3.92. The summed E-state index contributed by atoms with van der Waals surface area (Å²) in [5, 5.41) is 7.57. The first kappa shape index (κ1) is 31.3. The highest BCUT2D eigenvalue weighted by Gasteiger charge is 2.25. The average molecular weight is 760 g/mol. The second-order valence-corrected chi connectivity index (χ2v) is 17.1. The fraction of sp³-hybridized carbons (Fsp3) is 0. The van der Waals surface area contributed by atoms with E-state index in [0.29, 0.717) is 0 Å². The van der Waals surface area contributed by atoms with Gasteiger partial charge in [0, 0.05) is 78.9 Å². The number of hydrogen-bond acceptors (Lipinski definition) is 4. The first-order valence-corrected chi connectivity index (χ1v) is 20.9. The van der Waals surface area contributed by atoms with Crippen molar-refractivity contribution in [3.63, 3.8) is 0 Å². The van der Waals surface area contributed by atoms with Gasteiger partial charge >= 0.3 is 0 Å². The van der Waals surface area contributed by atoms with Crippen molar-refractivity contribution in [2.75, 3.05) is 0 Å². The van der Waals surface area contributed by atoms with Crippen molar-refractivity contribution in [3.05, 3.63) is 176 Å². The van der Waals surface area contributed by atoms with Gasteiger partial charge in [-0.15, -0.1) is 22.7 Å². The number of aromatic nitrogens is 3. The van der Waals surface area contributed by atoms with Crippen molar-refractivity contribution >= 4 is 84.8 Å². The lowest BCUT2D eigenvalue weighted by Crippen LogP contribution is -1.98. The maximum Gasteiger partial charge on any atom is 0.160 e. The predicted octanol–water partition coefficient (Wildman–Crippen LogP) is 15.0. The van der Waals surface area contributed by atoms with Crippen molar-refractivity contribution in [2.45, 2.75) is 0 Å². The molecular formula is C52H29N3S2. The number of hydrogen-bond donors (Lipinski definition) is 0. The van der Waals surface area contributed by atoms with Crippen molar-refractivity contribution in [2.24, 2.45) is 0 Å². The van der Waals surface area contributed by atoms with Crippen LogP contribution in [0.5, 0.6) is 0 Å². The standard InChI is InChI=1S/C52H29N3S2/c1-2-11-34-33(10-1)38-15-9-16-39-35-12-3-6-17-45(35)55(51(38)39)46-23-20-30(26-40(34)46)43-29-44(31-21-24-49-41(27-31)36-13-4-7-18-47(36)56-49)54-52(53-43)32-22-25-50-42(28-32)37-14-5-8-19-48(37)57-50/h1-29H. The molecule has 0 saturated carbocycles. The van der Waals surface area contributed by atoms with Gasteiger partial charge in [0.15, 0.2) is 5.82 Å². The minimum Gasteiger partial charge on any atom is -0.308 e. The van der Waals surface area contributed by atoms with Crippen LogP contribution in [-0.2, 0) is 0 Å². The highest BCUT2D eigenvalue weighted by atomic mass is 32.1. The van der Waals surface area contributed by atoms with Gasteiger partial charge in [0.1, 0.15) is 0 Å². The highest BCUT2D eigenvalue weighted by molar-refractivity contribution is 7.26. The summed E-state index contributed by atoms with van der Waals surface area (Å²) in [5.74, 6) is 0.718. The van der Waals surface area contributed by atoms with Crippen LogP contribution < -0.4 is 0 Å². The van der Waals surface area contributed by atoms with Gasteiger partial charge < -0.3 is 4.57 Å². The van der Waals surface area contributed by atoms with E-state index in [4.69, 9.17) is 9.97 Å². The summed E-state index contributed by atoms with van der Waals surface area (Å²) in [5.41, 5.74) is 13.4. The summed E-state index contributed by atoms with van der Waals surface area (Å²) in [6.07, 6.45) is 0. The maximum absolute atomic E-state index is 5.41. The molecule has 1 aliphatic heterocycles. The van der Waals surface area contributed by atoms with E-state index in [0.717, 1.165) is 33.9 Å². The monoisotopic (exact) mass is 759 g/mol. The summed E-state index contributed by atoms with van der Waals surface area (Å²) in [6.45, 7) is 0. The third kappa shape index (κ3) is 4.58. The van der Waals surface area contributed by atoms with E-state index < -0.39 is 0 Å². The highest BCUT2D eigenvalue weighted by Crippen LogP contribution is 2.48. The van der Waals surface area contributed by atoms with Crippen LogP contribution in [0.15, 0.2) is 176 Å². The predicted molar refractivity (Wildman–Crippen MR) is 243 cm³/mol. The third-order valence-corrected chi connectivity index (χ3v) is 14.1. The lowest BCUT2D eigenvalue weighted by Gasteiger charge is -2.15. The molecule has 1 aliphatic rings. The molecule has 5 heterocycles. The van der Waals surface area contributed by atoms with Crippen LogP contribution in [0.25, 0.3) is 124 Å². The molecule has 0 radical (unpaired) electrons. The van der Waals surface area contributed by atoms with E-state index in [1.54, 1.807) is 0 Å². The Morgan fingerprint density at radius 2 is 0.877 bits per heavy atom. The van der Waals surface area contributed by atoms with Crippen LogP contribution in [0.4, 0.5) is 0 Å². The molecule has 5 heteroatoms. The molecule has 0 N–H and O–H groups in total. The van der Waals surface area contributed by atoms with Gasteiger partial charge in [-0.3, -0.25) is 0 Å². The SMILES string of the molecule is c1ccc2c(c1)-c1cc(-c3cc(-c4ccc5sc6ccccc6c5c4)nc(-c4ccc5sc6ccccc6c5c4)n3)ccc1-n1c3ccccc3c3cccc-2c31. The molecule has 0 saturated heterocycles. The normalized spacial score (nSPS) is 12.2. The Hall–Kier alpha value is -6.92. The molecule has 0 atom stereocenters. The largest absolute Gasteiger partial charge is 0.308 e. The van der Waals surface area contributed by atoms with Crippen LogP contribution in [-0.4, -0.2) is 14.5 Å². The molecule has 0 aliphatic carbocycles. The number of rotatable bonds is 3. The summed E-state index contributed by atoms with van der Waals surface area (Å²) in [7, 11) is 0. The molecule has 0 bridgehead atoms. The first-order valence-electron chi connectivity index (χ1n) is 19.2. The van der Waals surface area contributed by atoms with Crippen molar-refractivity contribution in [1.29, 1.82) is 0 Å². The van der Waals surface area contributed by atoms with Crippen LogP contribution in [0, 0.1) is 0 Å². The Morgan fingerprint density at radius 1 is 0.351 bits per heavy atom. The summed E-state index contributed by atoms with van der Waals surface area (Å²) < 4.78 is 7.60. The zero-order chi connectivity index (χ0) is 37.2. The van der Waals surface area contributed by atoms with E-state index in [9.17, 15) is 0 Å².